The van der Waals surface area contributed by atoms with Crippen molar-refractivity contribution in [2.45, 2.75) is 56.9 Å². The molecule has 2 N–H and O–H groups in total. The second-order valence-corrected chi connectivity index (χ2v) is 7.00. The van der Waals surface area contributed by atoms with Crippen LogP contribution in [-0.4, -0.2) is 21.1 Å². The Hall–Kier alpha value is -2.08. The molecule has 0 aliphatic heterocycles. The summed E-state index contributed by atoms with van der Waals surface area (Å²) in [5.74, 6) is -0.0723. The van der Waals surface area contributed by atoms with E-state index in [0.717, 1.165) is 36.2 Å². The molecule has 1 heterocycles. The molecule has 0 bridgehead atoms. The zero-order chi connectivity index (χ0) is 18.2. The van der Waals surface area contributed by atoms with Crippen LogP contribution in [0.1, 0.15) is 44.9 Å². The summed E-state index contributed by atoms with van der Waals surface area (Å²) in [6.45, 7) is 6.06. The van der Waals surface area contributed by atoms with Crippen LogP contribution in [0.3, 0.4) is 0 Å². The van der Waals surface area contributed by atoms with E-state index in [9.17, 15) is 9.59 Å². The van der Waals surface area contributed by atoms with Crippen molar-refractivity contribution < 1.29 is 4.79 Å². The first kappa shape index (κ1) is 19.2. The molecule has 0 fully saturated rings. The van der Waals surface area contributed by atoms with Crippen LogP contribution < -0.4 is 10.9 Å². The number of nitrogens with one attached hydrogen (secondary N) is 2. The number of carbonyl (C=O) groups is 1. The van der Waals surface area contributed by atoms with E-state index in [1.54, 1.807) is 0 Å². The van der Waals surface area contributed by atoms with Crippen LogP contribution >= 0.6 is 11.8 Å². The fourth-order valence-corrected chi connectivity index (χ4v) is 3.48. The van der Waals surface area contributed by atoms with Crippen molar-refractivity contribution in [1.82, 2.24) is 9.97 Å². The van der Waals surface area contributed by atoms with E-state index in [-0.39, 0.29) is 16.7 Å². The zero-order valence-electron chi connectivity index (χ0n) is 15.0. The Kier molecular flexibility index (Phi) is 7.25. The monoisotopic (exact) mass is 359 g/mol. The maximum absolute atomic E-state index is 12.7. The molecular formula is C19H25N3O2S. The molecule has 1 aromatic heterocycles. The summed E-state index contributed by atoms with van der Waals surface area (Å²) in [5.41, 5.74) is 2.54. The minimum atomic E-state index is -0.315. The SMILES string of the molecule is CCCc1cc(=O)[nH]c(SC(CC)C(=O)Nc2ccccc2CC)n1. The number of benzene rings is 1. The van der Waals surface area contributed by atoms with Crippen molar-refractivity contribution in [3.8, 4) is 0 Å². The average molecular weight is 359 g/mol. The fraction of sp³-hybridized carbons (Fsp3) is 0.421. The number of aromatic amines is 1. The largest absolute Gasteiger partial charge is 0.325 e. The van der Waals surface area contributed by atoms with Gasteiger partial charge in [-0.15, -0.1) is 0 Å². The highest BCUT2D eigenvalue weighted by molar-refractivity contribution is 8.00. The molecule has 2 rings (SSSR count). The molecule has 0 radical (unpaired) electrons. The summed E-state index contributed by atoms with van der Waals surface area (Å²) in [5, 5.41) is 3.19. The number of para-hydroxylation sites is 1. The fourth-order valence-electron chi connectivity index (χ4n) is 2.54. The predicted octanol–water partition coefficient (Wildman–Crippen LogP) is 3.79. The Bertz CT molecular complexity index is 773. The number of carbonyl (C=O) groups excluding carboxylic acids is 1. The van der Waals surface area contributed by atoms with Gasteiger partial charge in [-0.25, -0.2) is 4.98 Å². The van der Waals surface area contributed by atoms with E-state index in [4.69, 9.17) is 0 Å². The number of nitrogens with zero attached hydrogens (tertiary/aromatic N) is 1. The Labute approximate surface area is 152 Å². The van der Waals surface area contributed by atoms with Crippen LogP contribution in [0.2, 0.25) is 0 Å². The van der Waals surface area contributed by atoms with Crippen molar-refractivity contribution >= 4 is 23.4 Å². The highest BCUT2D eigenvalue weighted by Gasteiger charge is 2.20. The standard InChI is InChI=1S/C19H25N3O2S/c1-4-9-14-12-17(23)22-19(20-14)25-16(6-3)18(24)21-15-11-8-7-10-13(15)5-2/h7-8,10-12,16H,4-6,9H2,1-3H3,(H,21,24)(H,20,22,23). The van der Waals surface area contributed by atoms with Crippen molar-refractivity contribution in [1.29, 1.82) is 0 Å². The lowest BCUT2D eigenvalue weighted by Gasteiger charge is -2.16. The molecule has 25 heavy (non-hydrogen) atoms. The molecule has 1 aromatic carbocycles. The van der Waals surface area contributed by atoms with Gasteiger partial charge < -0.3 is 10.3 Å². The van der Waals surface area contributed by atoms with Gasteiger partial charge in [-0.05, 0) is 30.9 Å². The number of aryl methyl sites for hydroxylation is 2. The topological polar surface area (TPSA) is 74.8 Å². The van der Waals surface area contributed by atoms with Crippen molar-refractivity contribution in [3.05, 3.63) is 51.9 Å². The maximum Gasteiger partial charge on any atom is 0.251 e. The first-order valence-electron chi connectivity index (χ1n) is 8.73. The van der Waals surface area contributed by atoms with Crippen molar-refractivity contribution in [2.24, 2.45) is 0 Å². The highest BCUT2D eigenvalue weighted by Crippen LogP contribution is 2.24. The Morgan fingerprint density at radius 1 is 1.28 bits per heavy atom. The average Bonchev–Trinajstić information content (AvgIpc) is 2.60. The summed E-state index contributed by atoms with van der Waals surface area (Å²) < 4.78 is 0. The van der Waals surface area contributed by atoms with E-state index in [0.29, 0.717) is 11.6 Å². The van der Waals surface area contributed by atoms with Gasteiger partial charge in [0.25, 0.3) is 5.56 Å². The van der Waals surface area contributed by atoms with Crippen LogP contribution in [0, 0.1) is 0 Å². The van der Waals surface area contributed by atoms with Gasteiger partial charge in [-0.2, -0.15) is 0 Å². The third kappa shape index (κ3) is 5.46. The van der Waals surface area contributed by atoms with Crippen LogP contribution in [-0.2, 0) is 17.6 Å². The minimum absolute atomic E-state index is 0.0723. The third-order valence-electron chi connectivity index (χ3n) is 3.85. The molecule has 134 valence electrons. The van der Waals surface area contributed by atoms with Gasteiger partial charge in [0.1, 0.15) is 0 Å². The molecule has 0 aliphatic rings. The number of hydrogen-bond donors (Lipinski definition) is 2. The number of H-pyrrole nitrogens is 1. The predicted molar refractivity (Wildman–Crippen MR) is 103 cm³/mol. The van der Waals surface area contributed by atoms with Gasteiger partial charge in [-0.3, -0.25) is 9.59 Å². The summed E-state index contributed by atoms with van der Waals surface area (Å²) in [6.07, 6.45) is 3.18. The minimum Gasteiger partial charge on any atom is -0.325 e. The van der Waals surface area contributed by atoms with Gasteiger partial charge in [0.2, 0.25) is 5.91 Å². The van der Waals surface area contributed by atoms with Crippen LogP contribution in [0.4, 0.5) is 5.69 Å². The number of hydrogen-bond acceptors (Lipinski definition) is 4. The maximum atomic E-state index is 12.7. The molecule has 2 aromatic rings. The molecule has 1 atom stereocenters. The summed E-state index contributed by atoms with van der Waals surface area (Å²) in [7, 11) is 0. The van der Waals surface area contributed by atoms with Crippen LogP contribution in [0.15, 0.2) is 40.3 Å². The molecule has 5 nitrogen and oxygen atoms in total. The summed E-state index contributed by atoms with van der Waals surface area (Å²) >= 11 is 1.31. The molecule has 0 saturated heterocycles. The number of rotatable bonds is 8. The van der Waals surface area contributed by atoms with Crippen LogP contribution in [0.5, 0.6) is 0 Å². The van der Waals surface area contributed by atoms with E-state index < -0.39 is 0 Å². The van der Waals surface area contributed by atoms with Gasteiger partial charge in [0.15, 0.2) is 5.16 Å². The lowest BCUT2D eigenvalue weighted by atomic mass is 10.1. The molecule has 0 aliphatic carbocycles. The first-order valence-corrected chi connectivity index (χ1v) is 9.60. The van der Waals surface area contributed by atoms with E-state index in [1.165, 1.54) is 17.8 Å². The van der Waals surface area contributed by atoms with Crippen molar-refractivity contribution in [2.75, 3.05) is 5.32 Å². The number of thioether (sulfide) groups is 1. The highest BCUT2D eigenvalue weighted by atomic mass is 32.2. The second-order valence-electron chi connectivity index (χ2n) is 5.81. The third-order valence-corrected chi connectivity index (χ3v) is 5.10. The quantitative estimate of drug-likeness (QED) is 0.555. The van der Waals surface area contributed by atoms with Gasteiger partial charge in [-0.1, -0.05) is 57.2 Å². The molecule has 1 unspecified atom stereocenters. The van der Waals surface area contributed by atoms with E-state index >= 15 is 0 Å². The smallest absolute Gasteiger partial charge is 0.251 e. The Morgan fingerprint density at radius 2 is 2.04 bits per heavy atom. The summed E-state index contributed by atoms with van der Waals surface area (Å²) in [4.78, 5) is 31.6. The molecule has 0 spiro atoms. The molecule has 1 amide bonds. The van der Waals surface area contributed by atoms with E-state index in [2.05, 4.69) is 22.2 Å². The van der Waals surface area contributed by atoms with Crippen molar-refractivity contribution in [3.63, 3.8) is 0 Å². The molecular weight excluding hydrogens is 334 g/mol. The first-order chi connectivity index (χ1) is 12.1. The van der Waals surface area contributed by atoms with Gasteiger partial charge >= 0.3 is 0 Å². The van der Waals surface area contributed by atoms with Crippen LogP contribution in [0.25, 0.3) is 0 Å². The normalized spacial score (nSPS) is 12.0. The molecule has 0 saturated carbocycles. The number of anilines is 1. The van der Waals surface area contributed by atoms with E-state index in [1.807, 2.05) is 38.1 Å². The van der Waals surface area contributed by atoms with Gasteiger partial charge in [0, 0.05) is 17.4 Å². The second kappa shape index (κ2) is 9.42. The number of aromatic nitrogens is 2. The lowest BCUT2D eigenvalue weighted by Crippen LogP contribution is -2.26. The summed E-state index contributed by atoms with van der Waals surface area (Å²) in [6, 6.07) is 9.32. The Morgan fingerprint density at radius 3 is 2.72 bits per heavy atom. The lowest BCUT2D eigenvalue weighted by molar-refractivity contribution is -0.115. The zero-order valence-corrected chi connectivity index (χ0v) is 15.8. The van der Waals surface area contributed by atoms with Gasteiger partial charge in [0.05, 0.1) is 5.25 Å². The molecule has 6 heteroatoms. The number of amides is 1. The Balaban J connectivity index is 2.14.